The van der Waals surface area contributed by atoms with Gasteiger partial charge in [0.05, 0.1) is 37.9 Å². The van der Waals surface area contributed by atoms with Gasteiger partial charge < -0.3 is 52.4 Å². The summed E-state index contributed by atoms with van der Waals surface area (Å²) < 4.78 is 38.4. The Balaban J connectivity index is 1.16. The molecule has 3 aromatic rings. The largest absolute Gasteiger partial charge is 0.494 e. The molecule has 11 N–H and O–H groups in total. The number of benzene rings is 2. The van der Waals surface area contributed by atoms with Crippen LogP contribution in [0.5, 0.6) is 5.75 Å². The molecule has 4 atom stereocenters. The van der Waals surface area contributed by atoms with Crippen LogP contribution >= 0.6 is 0 Å². The van der Waals surface area contributed by atoms with Crippen molar-refractivity contribution in [3.05, 3.63) is 83.6 Å². The lowest BCUT2D eigenvalue weighted by Gasteiger charge is -2.27. The monoisotopic (exact) mass is 976 g/mol. The highest BCUT2D eigenvalue weighted by molar-refractivity contribution is 7.86. The number of aliphatic imine (C=N–C) groups is 1. The minimum absolute atomic E-state index is 0.120. The third-order valence-corrected chi connectivity index (χ3v) is 11.4. The van der Waals surface area contributed by atoms with Crippen LogP contribution in [0.3, 0.4) is 0 Å². The lowest BCUT2D eigenvalue weighted by Crippen LogP contribution is -2.59. The van der Waals surface area contributed by atoms with Crippen molar-refractivity contribution in [2.75, 3.05) is 44.8 Å². The molecule has 2 aliphatic heterocycles. The van der Waals surface area contributed by atoms with Crippen molar-refractivity contribution >= 4 is 69.5 Å². The number of aliphatic carboxylic acids is 1. The Bertz CT molecular complexity index is 2490. The van der Waals surface area contributed by atoms with Crippen molar-refractivity contribution in [1.29, 1.82) is 0 Å². The van der Waals surface area contributed by atoms with Crippen LogP contribution in [0.4, 0.5) is 5.82 Å². The van der Waals surface area contributed by atoms with Gasteiger partial charge in [-0.2, -0.15) is 13.5 Å². The zero-order valence-corrected chi connectivity index (χ0v) is 38.6. The second kappa shape index (κ2) is 25.5. The predicted octanol–water partition coefficient (Wildman–Crippen LogP) is -0.956. The number of hydrazone groups is 1. The Hall–Kier alpha value is -7.67. The second-order valence-electron chi connectivity index (χ2n) is 16.1. The zero-order chi connectivity index (χ0) is 49.9. The van der Waals surface area contributed by atoms with Gasteiger partial charge in [0.25, 0.3) is 16.0 Å². The summed E-state index contributed by atoms with van der Waals surface area (Å²) in [5.41, 5.74) is 3.59. The van der Waals surface area contributed by atoms with Crippen LogP contribution in [-0.2, 0) is 45.3 Å². The molecule has 370 valence electrons. The molecular formula is C44H56N12O12S. The molecule has 0 saturated carbocycles. The molecule has 3 heterocycles. The van der Waals surface area contributed by atoms with Gasteiger partial charge in [0.2, 0.25) is 29.5 Å². The summed E-state index contributed by atoms with van der Waals surface area (Å²) in [6.07, 6.45) is 2.56. The van der Waals surface area contributed by atoms with Crippen LogP contribution in [0.2, 0.25) is 0 Å². The van der Waals surface area contributed by atoms with E-state index in [1.807, 2.05) is 0 Å². The number of ether oxygens (including phenoxy) is 1. The molecule has 1 unspecified atom stereocenters. The number of hydrogen-bond donors (Lipinski definition) is 11. The van der Waals surface area contributed by atoms with Crippen LogP contribution in [0.1, 0.15) is 61.0 Å². The zero-order valence-electron chi connectivity index (χ0n) is 37.8. The quantitative estimate of drug-likeness (QED) is 0.0298. The maximum Gasteiger partial charge on any atom is 0.305 e. The molecule has 0 bridgehead atoms. The molecule has 1 saturated heterocycles. The summed E-state index contributed by atoms with van der Waals surface area (Å²) in [4.78, 5) is 100. The number of hydrogen-bond acceptors (Lipinski definition) is 16. The second-order valence-corrected chi connectivity index (χ2v) is 17.5. The molecular weight excluding hydrogens is 921 g/mol. The molecule has 25 heteroatoms. The number of carbonyl (C=O) groups excluding carboxylic acids is 6. The number of pyridine rings is 1. The Labute approximate surface area is 397 Å². The number of anilines is 1. The standard InChI is InChI=1S/C44H56N12O12S/c1-26(2)38-43(64)54-32(42(63)53-33(22-37(58)59)40(61)50-25-36(57)52-31(41(62)55-38)8-5-16-46-44-47-18-19-48-44)21-27-10-13-30(14-11-27)68-20-6-17-45-39(60)29-12-15-35(49-23-29)56-51-24-28-7-3-4-9-34(28)69(65,66)67/h3-4,7,9-15,23-24,26,31-33,38H,5-6,8,16-22,25H2,1-2H3,(H,45,60)(H,49,56)(H,50,61)(H,52,57)(H,53,63)(H,54,64)(H,55,62)(H,58,59)(H2,46,47,48)(H,65,66,67)/b51-24-/t31?,32-,33-,38-/m1/s1. The number of nitrogens with zero attached hydrogens (tertiary/aromatic N) is 3. The Morgan fingerprint density at radius 1 is 0.870 bits per heavy atom. The molecule has 0 spiro atoms. The van der Waals surface area contributed by atoms with Crippen molar-refractivity contribution in [2.45, 2.75) is 75.0 Å². The van der Waals surface area contributed by atoms with Crippen molar-refractivity contribution < 1.29 is 56.4 Å². The Morgan fingerprint density at radius 3 is 2.29 bits per heavy atom. The lowest BCUT2D eigenvalue weighted by atomic mass is 9.99. The molecule has 2 aromatic carbocycles. The first-order valence-corrected chi connectivity index (χ1v) is 23.4. The maximum absolute atomic E-state index is 13.9. The van der Waals surface area contributed by atoms with Crippen LogP contribution in [0.15, 0.2) is 81.8 Å². The van der Waals surface area contributed by atoms with E-state index in [2.05, 4.69) is 63.0 Å². The Kier molecular flexibility index (Phi) is 19.3. The molecule has 2 aliphatic rings. The van der Waals surface area contributed by atoms with Crippen LogP contribution in [0, 0.1) is 5.92 Å². The third kappa shape index (κ3) is 16.9. The normalized spacial score (nSPS) is 19.4. The van der Waals surface area contributed by atoms with Gasteiger partial charge in [0.1, 0.15) is 40.6 Å². The summed E-state index contributed by atoms with van der Waals surface area (Å²) in [5, 5.41) is 35.2. The topological polar surface area (TPSA) is 349 Å². The molecule has 5 rings (SSSR count). The average molecular weight is 977 g/mol. The first-order chi connectivity index (χ1) is 33.0. The Morgan fingerprint density at radius 2 is 1.61 bits per heavy atom. The number of guanidine groups is 1. The summed E-state index contributed by atoms with van der Waals surface area (Å²) in [7, 11) is -4.45. The van der Waals surface area contributed by atoms with Crippen LogP contribution in [-0.4, -0.2) is 140 Å². The third-order valence-electron chi connectivity index (χ3n) is 10.4. The highest BCUT2D eigenvalue weighted by Crippen LogP contribution is 2.16. The summed E-state index contributed by atoms with van der Waals surface area (Å²) in [5.74, 6) is -4.95. The van der Waals surface area contributed by atoms with Gasteiger partial charge in [-0.15, -0.1) is 0 Å². The number of aromatic nitrogens is 1. The molecule has 0 aliphatic carbocycles. The number of nitrogens with one attached hydrogen (secondary N) is 9. The van der Waals surface area contributed by atoms with Gasteiger partial charge in [-0.25, -0.2) is 4.98 Å². The first-order valence-electron chi connectivity index (χ1n) is 22.0. The molecule has 1 fully saturated rings. The van der Waals surface area contributed by atoms with E-state index in [1.54, 1.807) is 44.2 Å². The van der Waals surface area contributed by atoms with E-state index in [-0.39, 0.29) is 47.8 Å². The smallest absolute Gasteiger partial charge is 0.305 e. The fourth-order valence-corrected chi connectivity index (χ4v) is 7.53. The fraction of sp³-hybridized carbons (Fsp3) is 0.409. The van der Waals surface area contributed by atoms with Crippen molar-refractivity contribution in [3.8, 4) is 5.75 Å². The molecule has 6 amide bonds. The fourth-order valence-electron chi connectivity index (χ4n) is 6.86. The first kappa shape index (κ1) is 52.3. The number of rotatable bonds is 19. The maximum atomic E-state index is 13.9. The number of carboxylic acid groups (broad SMARTS) is 1. The van der Waals surface area contributed by atoms with E-state index in [1.165, 1.54) is 42.7 Å². The molecule has 1 aromatic heterocycles. The van der Waals surface area contributed by atoms with E-state index in [9.17, 15) is 51.6 Å². The predicted molar refractivity (Wildman–Crippen MR) is 250 cm³/mol. The van der Waals surface area contributed by atoms with E-state index >= 15 is 0 Å². The van der Waals surface area contributed by atoms with Gasteiger partial charge in [-0.3, -0.25) is 48.5 Å². The van der Waals surface area contributed by atoms with Gasteiger partial charge in [-0.1, -0.05) is 44.2 Å². The number of carboxylic acids is 1. The highest BCUT2D eigenvalue weighted by atomic mass is 32.2. The summed E-state index contributed by atoms with van der Waals surface area (Å²) in [6, 6.07) is 10.1. The highest BCUT2D eigenvalue weighted by Gasteiger charge is 2.34. The molecule has 24 nitrogen and oxygen atoms in total. The SMILES string of the molecule is CC(C)[C@H]1NC(=O)C(CCCNC2=NCCN2)NC(=O)CNC(=O)[C@@H](CC(=O)O)NC(=O)[C@@H](Cc2ccc(OCCCNC(=O)c3ccc(N/N=C\c4ccccc4S(=O)(=O)O)nc3)cc2)NC1=O. The van der Waals surface area contributed by atoms with Crippen molar-refractivity contribution in [2.24, 2.45) is 16.0 Å². The number of carbonyl (C=O) groups is 7. The molecule has 0 radical (unpaired) electrons. The van der Waals surface area contributed by atoms with E-state index < -0.39 is 94.6 Å². The number of amides is 6. The van der Waals surface area contributed by atoms with Gasteiger partial charge in [0.15, 0.2) is 5.96 Å². The summed E-state index contributed by atoms with van der Waals surface area (Å²) in [6.45, 7) is 4.95. The van der Waals surface area contributed by atoms with Crippen molar-refractivity contribution in [1.82, 2.24) is 47.5 Å². The minimum Gasteiger partial charge on any atom is -0.494 e. The summed E-state index contributed by atoms with van der Waals surface area (Å²) >= 11 is 0. The average Bonchev–Trinajstić information content (AvgIpc) is 3.84. The lowest BCUT2D eigenvalue weighted by molar-refractivity contribution is -0.141. The van der Waals surface area contributed by atoms with E-state index in [4.69, 9.17) is 4.74 Å². The van der Waals surface area contributed by atoms with Crippen molar-refractivity contribution in [3.63, 3.8) is 0 Å². The van der Waals surface area contributed by atoms with E-state index in [0.29, 0.717) is 49.7 Å². The molecule has 69 heavy (non-hydrogen) atoms. The van der Waals surface area contributed by atoms with Gasteiger partial charge in [-0.05, 0) is 61.1 Å². The minimum atomic E-state index is -4.45. The van der Waals surface area contributed by atoms with Gasteiger partial charge >= 0.3 is 5.97 Å². The van der Waals surface area contributed by atoms with Crippen LogP contribution in [0.25, 0.3) is 0 Å². The van der Waals surface area contributed by atoms with Crippen LogP contribution < -0.4 is 52.7 Å². The van der Waals surface area contributed by atoms with Gasteiger partial charge in [0, 0.05) is 37.8 Å². The van der Waals surface area contributed by atoms with E-state index in [0.717, 1.165) is 0 Å².